The van der Waals surface area contributed by atoms with Gasteiger partial charge in [-0.15, -0.1) is 0 Å². The van der Waals surface area contributed by atoms with Crippen LogP contribution in [0, 0.1) is 12.8 Å². The van der Waals surface area contributed by atoms with Crippen molar-refractivity contribution in [2.75, 3.05) is 11.9 Å². The number of nitrogens with two attached hydrogens (primary N) is 1. The molecular formula is C12H20N2O2S. The van der Waals surface area contributed by atoms with Gasteiger partial charge in [0, 0.05) is 12.2 Å². The molecule has 17 heavy (non-hydrogen) atoms. The van der Waals surface area contributed by atoms with E-state index in [2.05, 4.69) is 19.2 Å². The summed E-state index contributed by atoms with van der Waals surface area (Å²) in [5, 5.41) is 8.41. The van der Waals surface area contributed by atoms with E-state index < -0.39 is 10.0 Å². The molecule has 0 spiro atoms. The van der Waals surface area contributed by atoms with Crippen LogP contribution < -0.4 is 10.5 Å². The number of sulfonamides is 1. The molecule has 0 aliphatic rings. The van der Waals surface area contributed by atoms with Gasteiger partial charge in [-0.05, 0) is 30.5 Å². The molecule has 5 heteroatoms. The summed E-state index contributed by atoms with van der Waals surface area (Å²) < 4.78 is 22.7. The standard InChI is InChI=1S/C12H20N2O2S/c1-4-9(2)8-14-11-6-5-7-12(10(11)3)17(13,15)16/h5-7,9,14H,4,8H2,1-3H3,(H2,13,15,16). The Morgan fingerprint density at radius 3 is 2.59 bits per heavy atom. The maximum Gasteiger partial charge on any atom is 0.238 e. The fourth-order valence-electron chi connectivity index (χ4n) is 1.54. The predicted molar refractivity (Wildman–Crippen MR) is 70.5 cm³/mol. The average Bonchev–Trinajstić information content (AvgIpc) is 2.25. The van der Waals surface area contributed by atoms with Gasteiger partial charge in [-0.25, -0.2) is 13.6 Å². The minimum Gasteiger partial charge on any atom is -0.385 e. The average molecular weight is 256 g/mol. The number of nitrogens with one attached hydrogen (secondary N) is 1. The Morgan fingerprint density at radius 1 is 1.41 bits per heavy atom. The van der Waals surface area contributed by atoms with Crippen molar-refractivity contribution in [1.82, 2.24) is 0 Å². The Hall–Kier alpha value is -1.07. The summed E-state index contributed by atoms with van der Waals surface area (Å²) in [6.07, 6.45) is 1.08. The molecule has 1 unspecified atom stereocenters. The van der Waals surface area contributed by atoms with Crippen molar-refractivity contribution in [3.63, 3.8) is 0 Å². The lowest BCUT2D eigenvalue weighted by Gasteiger charge is -2.15. The summed E-state index contributed by atoms with van der Waals surface area (Å²) in [6, 6.07) is 5.09. The van der Waals surface area contributed by atoms with Gasteiger partial charge in [0.2, 0.25) is 10.0 Å². The lowest BCUT2D eigenvalue weighted by atomic mass is 10.1. The summed E-state index contributed by atoms with van der Waals surface area (Å²) >= 11 is 0. The monoisotopic (exact) mass is 256 g/mol. The second-order valence-electron chi connectivity index (χ2n) is 4.37. The van der Waals surface area contributed by atoms with E-state index in [0.717, 1.165) is 18.7 Å². The summed E-state index contributed by atoms with van der Waals surface area (Å²) in [5.74, 6) is 0.549. The van der Waals surface area contributed by atoms with Crippen LogP contribution in [0.1, 0.15) is 25.8 Å². The van der Waals surface area contributed by atoms with Gasteiger partial charge in [-0.3, -0.25) is 0 Å². The first-order chi connectivity index (χ1) is 7.86. The van der Waals surface area contributed by atoms with Gasteiger partial charge >= 0.3 is 0 Å². The zero-order valence-electron chi connectivity index (χ0n) is 10.5. The summed E-state index contributed by atoms with van der Waals surface area (Å²) in [4.78, 5) is 0.187. The molecule has 96 valence electrons. The third-order valence-electron chi connectivity index (χ3n) is 2.93. The molecule has 0 aromatic heterocycles. The third kappa shape index (κ3) is 3.71. The smallest absolute Gasteiger partial charge is 0.238 e. The Kier molecular flexibility index (Phi) is 4.54. The molecule has 0 saturated carbocycles. The molecule has 1 aromatic rings. The molecule has 0 radical (unpaired) electrons. The molecule has 1 aromatic carbocycles. The minimum absolute atomic E-state index is 0.187. The van der Waals surface area contributed by atoms with Gasteiger partial charge in [0.1, 0.15) is 0 Å². The van der Waals surface area contributed by atoms with E-state index in [1.54, 1.807) is 13.0 Å². The molecule has 4 nitrogen and oxygen atoms in total. The first-order valence-corrected chi connectivity index (χ1v) is 7.27. The highest BCUT2D eigenvalue weighted by Gasteiger charge is 2.13. The molecule has 0 fully saturated rings. The van der Waals surface area contributed by atoms with E-state index in [1.807, 2.05) is 6.07 Å². The van der Waals surface area contributed by atoms with Gasteiger partial charge < -0.3 is 5.32 Å². The van der Waals surface area contributed by atoms with E-state index in [4.69, 9.17) is 5.14 Å². The molecule has 0 heterocycles. The highest BCUT2D eigenvalue weighted by Crippen LogP contribution is 2.22. The van der Waals surface area contributed by atoms with Gasteiger partial charge in [-0.2, -0.15) is 0 Å². The quantitative estimate of drug-likeness (QED) is 0.847. The van der Waals surface area contributed by atoms with Gasteiger partial charge in [0.15, 0.2) is 0 Å². The van der Waals surface area contributed by atoms with Crippen LogP contribution in [0.5, 0.6) is 0 Å². The fourth-order valence-corrected chi connectivity index (χ4v) is 2.35. The first-order valence-electron chi connectivity index (χ1n) is 5.72. The molecule has 0 amide bonds. The predicted octanol–water partition coefficient (Wildman–Crippen LogP) is 2.10. The summed E-state index contributed by atoms with van der Waals surface area (Å²) in [7, 11) is -3.64. The molecule has 3 N–H and O–H groups in total. The number of benzene rings is 1. The van der Waals surface area contributed by atoms with Crippen LogP contribution in [0.2, 0.25) is 0 Å². The number of primary sulfonamides is 1. The van der Waals surface area contributed by atoms with Crippen LogP contribution in [-0.2, 0) is 10.0 Å². The highest BCUT2D eigenvalue weighted by atomic mass is 32.2. The van der Waals surface area contributed by atoms with Gasteiger partial charge in [-0.1, -0.05) is 26.3 Å². The Balaban J connectivity index is 2.96. The lowest BCUT2D eigenvalue weighted by molar-refractivity contribution is 0.592. The first kappa shape index (κ1) is 14.0. The van der Waals surface area contributed by atoms with Crippen molar-refractivity contribution in [1.29, 1.82) is 0 Å². The molecule has 0 aliphatic carbocycles. The lowest BCUT2D eigenvalue weighted by Crippen LogP contribution is -2.16. The molecule has 1 atom stereocenters. The molecule has 0 saturated heterocycles. The van der Waals surface area contributed by atoms with E-state index >= 15 is 0 Å². The van der Waals surface area contributed by atoms with Crippen molar-refractivity contribution in [2.24, 2.45) is 11.1 Å². The van der Waals surface area contributed by atoms with E-state index in [9.17, 15) is 8.42 Å². The van der Waals surface area contributed by atoms with Gasteiger partial charge in [0.05, 0.1) is 4.90 Å². The normalized spacial score (nSPS) is 13.4. The van der Waals surface area contributed by atoms with Crippen molar-refractivity contribution in [3.8, 4) is 0 Å². The van der Waals surface area contributed by atoms with Crippen LogP contribution in [0.15, 0.2) is 23.1 Å². The molecule has 1 rings (SSSR count). The Labute approximate surface area is 103 Å². The number of rotatable bonds is 5. The van der Waals surface area contributed by atoms with Crippen LogP contribution in [0.4, 0.5) is 5.69 Å². The molecule has 0 aliphatic heterocycles. The van der Waals surface area contributed by atoms with Crippen LogP contribution in [0.25, 0.3) is 0 Å². The van der Waals surface area contributed by atoms with Crippen LogP contribution in [-0.4, -0.2) is 15.0 Å². The third-order valence-corrected chi connectivity index (χ3v) is 3.98. The summed E-state index contributed by atoms with van der Waals surface area (Å²) in [6.45, 7) is 6.86. The van der Waals surface area contributed by atoms with E-state index in [0.29, 0.717) is 11.5 Å². The Morgan fingerprint density at radius 2 is 2.06 bits per heavy atom. The number of hydrogen-bond acceptors (Lipinski definition) is 3. The maximum absolute atomic E-state index is 11.4. The van der Waals surface area contributed by atoms with Crippen molar-refractivity contribution in [2.45, 2.75) is 32.1 Å². The summed E-state index contributed by atoms with van der Waals surface area (Å²) in [5.41, 5.74) is 1.51. The number of hydrogen-bond donors (Lipinski definition) is 2. The zero-order valence-corrected chi connectivity index (χ0v) is 11.3. The second kappa shape index (κ2) is 5.51. The SMILES string of the molecule is CCC(C)CNc1cccc(S(N)(=O)=O)c1C. The topological polar surface area (TPSA) is 72.2 Å². The minimum atomic E-state index is -3.64. The van der Waals surface area contributed by atoms with E-state index in [-0.39, 0.29) is 4.90 Å². The largest absolute Gasteiger partial charge is 0.385 e. The zero-order chi connectivity index (χ0) is 13.1. The van der Waals surface area contributed by atoms with Crippen LogP contribution >= 0.6 is 0 Å². The number of anilines is 1. The Bertz CT molecular complexity index is 483. The fraction of sp³-hybridized carbons (Fsp3) is 0.500. The maximum atomic E-state index is 11.4. The highest BCUT2D eigenvalue weighted by molar-refractivity contribution is 7.89. The molecule has 0 bridgehead atoms. The second-order valence-corrected chi connectivity index (χ2v) is 5.90. The van der Waals surface area contributed by atoms with E-state index in [1.165, 1.54) is 6.07 Å². The van der Waals surface area contributed by atoms with Gasteiger partial charge in [0.25, 0.3) is 0 Å². The van der Waals surface area contributed by atoms with Crippen molar-refractivity contribution >= 4 is 15.7 Å². The van der Waals surface area contributed by atoms with Crippen molar-refractivity contribution < 1.29 is 8.42 Å². The van der Waals surface area contributed by atoms with Crippen molar-refractivity contribution in [3.05, 3.63) is 23.8 Å². The van der Waals surface area contributed by atoms with Crippen LogP contribution in [0.3, 0.4) is 0 Å². The molecular weight excluding hydrogens is 236 g/mol.